The molecule has 5 rings (SSSR count). The zero-order valence-electron chi connectivity index (χ0n) is 20.9. The molecular weight excluding hydrogens is 530 g/mol. The molecule has 0 unspecified atom stereocenters. The largest absolute Gasteiger partial charge is 0.368 e. The zero-order chi connectivity index (χ0) is 26.2. The van der Waals surface area contributed by atoms with Crippen LogP contribution in [-0.2, 0) is 21.2 Å². The smallest absolute Gasteiger partial charge is 0.262 e. The van der Waals surface area contributed by atoms with Gasteiger partial charge in [-0.15, -0.1) is 0 Å². The number of benzene rings is 2. The Kier molecular flexibility index (Phi) is 7.33. The van der Waals surface area contributed by atoms with Crippen LogP contribution >= 0.6 is 23.1 Å². The number of amides is 1. The maximum Gasteiger partial charge on any atom is 0.262 e. The van der Waals surface area contributed by atoms with E-state index in [1.165, 1.54) is 5.56 Å². The van der Waals surface area contributed by atoms with Gasteiger partial charge >= 0.3 is 0 Å². The van der Waals surface area contributed by atoms with Crippen LogP contribution in [0.5, 0.6) is 0 Å². The van der Waals surface area contributed by atoms with Crippen molar-refractivity contribution in [1.29, 1.82) is 0 Å². The highest BCUT2D eigenvalue weighted by molar-refractivity contribution is 7.93. The first-order valence-corrected chi connectivity index (χ1v) is 15.0. The predicted molar refractivity (Wildman–Crippen MR) is 149 cm³/mol. The minimum Gasteiger partial charge on any atom is -0.368 e. The summed E-state index contributed by atoms with van der Waals surface area (Å²) in [6.45, 7) is 7.28. The number of halogens is 1. The van der Waals surface area contributed by atoms with Gasteiger partial charge in [-0.05, 0) is 92.3 Å². The molecule has 1 saturated heterocycles. The van der Waals surface area contributed by atoms with Crippen molar-refractivity contribution in [3.8, 4) is 0 Å². The molecule has 3 aromatic rings. The van der Waals surface area contributed by atoms with Crippen molar-refractivity contribution in [2.24, 2.45) is 0 Å². The van der Waals surface area contributed by atoms with Gasteiger partial charge in [0.25, 0.3) is 10.0 Å². The van der Waals surface area contributed by atoms with Crippen molar-refractivity contribution in [2.45, 2.75) is 37.6 Å². The molecule has 1 amide bonds. The number of hydrogen-bond donors (Lipinski definition) is 1. The van der Waals surface area contributed by atoms with E-state index in [1.807, 2.05) is 49.1 Å². The molecule has 3 heterocycles. The predicted octanol–water partition coefficient (Wildman–Crippen LogP) is 4.40. The lowest BCUT2D eigenvalue weighted by atomic mass is 10.00. The SMILES string of the molecule is Cc1cc(NS(=O)(=O)c2ccc(N3CCN(C(=O)[C@@H](C)N4CCCc5cc(Cl)ccc54)CC3)cc2)sn1. The third-order valence-electron chi connectivity index (χ3n) is 6.99. The number of fused-ring (bicyclic) bond motifs is 1. The van der Waals surface area contributed by atoms with Crippen LogP contribution in [0.15, 0.2) is 53.4 Å². The quantitative estimate of drug-likeness (QED) is 0.482. The van der Waals surface area contributed by atoms with Crippen molar-refractivity contribution < 1.29 is 13.2 Å². The van der Waals surface area contributed by atoms with Crippen molar-refractivity contribution in [1.82, 2.24) is 9.27 Å². The van der Waals surface area contributed by atoms with Crippen LogP contribution in [0.2, 0.25) is 5.02 Å². The van der Waals surface area contributed by atoms with Crippen LogP contribution in [0.1, 0.15) is 24.6 Å². The number of hydrogen-bond acceptors (Lipinski definition) is 7. The third kappa shape index (κ3) is 5.56. The first-order valence-electron chi connectivity index (χ1n) is 12.4. The molecule has 196 valence electrons. The minimum atomic E-state index is -3.67. The van der Waals surface area contributed by atoms with Crippen LogP contribution in [0.3, 0.4) is 0 Å². The molecule has 1 N–H and O–H groups in total. The Morgan fingerprint density at radius 3 is 2.46 bits per heavy atom. The van der Waals surface area contributed by atoms with E-state index in [0.29, 0.717) is 31.2 Å². The summed E-state index contributed by atoms with van der Waals surface area (Å²) < 4.78 is 32.1. The molecule has 0 bridgehead atoms. The standard InChI is InChI=1S/C26H30ClN5O3S2/c1-18-16-25(36-28-18)29-37(34,35)23-8-6-22(7-9-23)30-12-14-31(15-13-30)26(33)19(2)32-11-3-4-20-17-21(27)5-10-24(20)32/h5-10,16-17,19,29H,3-4,11-15H2,1-2H3/t19-/m1/s1. The van der Waals surface area contributed by atoms with Crippen molar-refractivity contribution in [2.75, 3.05) is 47.2 Å². The Labute approximate surface area is 227 Å². The third-order valence-corrected chi connectivity index (χ3v) is 9.53. The Morgan fingerprint density at radius 1 is 1.05 bits per heavy atom. The van der Waals surface area contributed by atoms with Gasteiger partial charge in [0.2, 0.25) is 5.91 Å². The summed E-state index contributed by atoms with van der Waals surface area (Å²) in [6, 6.07) is 14.3. The average molecular weight is 560 g/mol. The summed E-state index contributed by atoms with van der Waals surface area (Å²) in [7, 11) is -3.67. The normalized spacial score (nSPS) is 16.9. The van der Waals surface area contributed by atoms with Crippen LogP contribution in [-0.4, -0.2) is 62.4 Å². The molecular formula is C26H30ClN5O3S2. The maximum atomic E-state index is 13.4. The average Bonchev–Trinajstić information content (AvgIpc) is 3.31. The van der Waals surface area contributed by atoms with E-state index in [4.69, 9.17) is 11.6 Å². The summed E-state index contributed by atoms with van der Waals surface area (Å²) in [5, 5.41) is 1.22. The van der Waals surface area contributed by atoms with Crippen molar-refractivity contribution in [3.05, 3.63) is 64.8 Å². The molecule has 0 spiro atoms. The van der Waals surface area contributed by atoms with Crippen LogP contribution in [0.4, 0.5) is 16.4 Å². The molecule has 11 heteroatoms. The van der Waals surface area contributed by atoms with Gasteiger partial charge in [0, 0.05) is 49.1 Å². The highest BCUT2D eigenvalue weighted by atomic mass is 35.5. The van der Waals surface area contributed by atoms with Gasteiger partial charge in [-0.3, -0.25) is 9.52 Å². The number of sulfonamides is 1. The molecule has 1 aromatic heterocycles. The van der Waals surface area contributed by atoms with E-state index < -0.39 is 10.0 Å². The van der Waals surface area contributed by atoms with E-state index >= 15 is 0 Å². The van der Waals surface area contributed by atoms with E-state index in [2.05, 4.69) is 18.9 Å². The lowest BCUT2D eigenvalue weighted by Gasteiger charge is -2.41. The molecule has 8 nitrogen and oxygen atoms in total. The van der Waals surface area contributed by atoms with Crippen LogP contribution < -0.4 is 14.5 Å². The zero-order valence-corrected chi connectivity index (χ0v) is 23.2. The Balaban J connectivity index is 1.19. The fourth-order valence-electron chi connectivity index (χ4n) is 5.02. The van der Waals surface area contributed by atoms with Gasteiger partial charge in [0.05, 0.1) is 10.6 Å². The Hall–Kier alpha value is -2.82. The second-order valence-corrected chi connectivity index (χ2v) is 12.4. The van der Waals surface area contributed by atoms with E-state index in [0.717, 1.165) is 53.0 Å². The maximum absolute atomic E-state index is 13.4. The summed E-state index contributed by atoms with van der Waals surface area (Å²) in [4.78, 5) is 19.9. The number of piperazine rings is 1. The molecule has 0 saturated carbocycles. The number of rotatable bonds is 6. The lowest BCUT2D eigenvalue weighted by Crippen LogP contribution is -2.55. The second kappa shape index (κ2) is 10.5. The summed E-state index contributed by atoms with van der Waals surface area (Å²) in [5.74, 6) is 0.133. The van der Waals surface area contributed by atoms with Crippen LogP contribution in [0, 0.1) is 6.92 Å². The number of nitrogens with zero attached hydrogens (tertiary/aromatic N) is 4. The van der Waals surface area contributed by atoms with Gasteiger partial charge in [-0.1, -0.05) is 11.6 Å². The summed E-state index contributed by atoms with van der Waals surface area (Å²) in [6.07, 6.45) is 1.98. The van der Waals surface area contributed by atoms with Gasteiger partial charge in [-0.25, -0.2) is 8.42 Å². The molecule has 2 aliphatic heterocycles. The summed E-state index contributed by atoms with van der Waals surface area (Å²) in [5.41, 5.74) is 4.02. The Morgan fingerprint density at radius 2 is 1.78 bits per heavy atom. The molecule has 1 fully saturated rings. The number of nitrogens with one attached hydrogen (secondary N) is 1. The fourth-order valence-corrected chi connectivity index (χ4v) is 7.15. The van der Waals surface area contributed by atoms with Gasteiger partial charge in [0.1, 0.15) is 11.0 Å². The number of aromatic nitrogens is 1. The topological polar surface area (TPSA) is 85.8 Å². The van der Waals surface area contributed by atoms with Gasteiger partial charge in [-0.2, -0.15) is 4.37 Å². The van der Waals surface area contributed by atoms with Crippen molar-refractivity contribution in [3.63, 3.8) is 0 Å². The van der Waals surface area contributed by atoms with E-state index in [1.54, 1.807) is 18.2 Å². The fraction of sp³-hybridized carbons (Fsp3) is 0.385. The lowest BCUT2D eigenvalue weighted by molar-refractivity contribution is -0.132. The van der Waals surface area contributed by atoms with Crippen LogP contribution in [0.25, 0.3) is 0 Å². The molecule has 0 radical (unpaired) electrons. The summed E-state index contributed by atoms with van der Waals surface area (Å²) >= 11 is 7.30. The van der Waals surface area contributed by atoms with E-state index in [9.17, 15) is 13.2 Å². The van der Waals surface area contributed by atoms with Crippen molar-refractivity contribution >= 4 is 55.4 Å². The monoisotopic (exact) mass is 559 g/mol. The molecule has 2 aromatic carbocycles. The number of aryl methyl sites for hydroxylation is 2. The number of carbonyl (C=O) groups is 1. The van der Waals surface area contributed by atoms with E-state index in [-0.39, 0.29) is 16.8 Å². The molecule has 37 heavy (non-hydrogen) atoms. The Bertz CT molecular complexity index is 1390. The number of anilines is 3. The molecule has 1 atom stereocenters. The highest BCUT2D eigenvalue weighted by Gasteiger charge is 2.31. The molecule has 2 aliphatic rings. The highest BCUT2D eigenvalue weighted by Crippen LogP contribution is 2.31. The number of carbonyl (C=O) groups excluding carboxylic acids is 1. The van der Waals surface area contributed by atoms with Gasteiger partial charge < -0.3 is 14.7 Å². The van der Waals surface area contributed by atoms with Gasteiger partial charge in [0.15, 0.2) is 0 Å². The first-order chi connectivity index (χ1) is 17.7. The second-order valence-electron chi connectivity index (χ2n) is 9.49. The first kappa shape index (κ1) is 25.8. The minimum absolute atomic E-state index is 0.133. The molecule has 0 aliphatic carbocycles.